The Labute approximate surface area is 255 Å². The molecule has 3 aromatic rings. The lowest BCUT2D eigenvalue weighted by molar-refractivity contribution is -0.140. The summed E-state index contributed by atoms with van der Waals surface area (Å²) in [5.41, 5.74) is 2.26. The van der Waals surface area contributed by atoms with E-state index in [4.69, 9.17) is 0 Å². The van der Waals surface area contributed by atoms with Crippen molar-refractivity contribution in [2.75, 3.05) is 11.4 Å². The third kappa shape index (κ3) is 3.96. The number of fused-ring (bicyclic) bond motifs is 4. The van der Waals surface area contributed by atoms with Crippen LogP contribution in [0.5, 0.6) is 11.5 Å². The number of amides is 4. The van der Waals surface area contributed by atoms with Crippen LogP contribution in [0, 0.1) is 36.0 Å². The molecule has 2 N–H and O–H groups in total. The summed E-state index contributed by atoms with van der Waals surface area (Å²) in [6.45, 7) is 3.84. The molecule has 2 aliphatic carbocycles. The van der Waals surface area contributed by atoms with Crippen molar-refractivity contribution in [2.24, 2.45) is 29.1 Å². The van der Waals surface area contributed by atoms with Crippen LogP contribution in [0.15, 0.2) is 84.4 Å². The van der Waals surface area contributed by atoms with Crippen LogP contribution in [-0.4, -0.2) is 45.3 Å². The van der Waals surface area contributed by atoms with Gasteiger partial charge in [-0.15, -0.1) is 0 Å². The number of benzene rings is 3. The molecule has 0 radical (unpaired) electrons. The first-order valence-corrected chi connectivity index (χ1v) is 15.2. The first-order chi connectivity index (χ1) is 21.1. The van der Waals surface area contributed by atoms with Crippen LogP contribution >= 0.6 is 0 Å². The monoisotopic (exact) mass is 590 g/mol. The Bertz CT molecular complexity index is 1730. The van der Waals surface area contributed by atoms with Crippen molar-refractivity contribution in [3.63, 3.8) is 0 Å². The van der Waals surface area contributed by atoms with E-state index in [0.717, 1.165) is 11.1 Å². The predicted octanol–water partition coefficient (Wildman–Crippen LogP) is 4.88. The maximum atomic E-state index is 14.4. The third-order valence-corrected chi connectivity index (χ3v) is 10.5. The van der Waals surface area contributed by atoms with E-state index in [2.05, 4.69) is 0 Å². The fourth-order valence-corrected chi connectivity index (χ4v) is 8.29. The molecule has 6 atom stereocenters. The smallest absolute Gasteiger partial charge is 0.241 e. The fourth-order valence-electron chi connectivity index (χ4n) is 8.29. The molecule has 0 bridgehead atoms. The average molecular weight is 591 g/mol. The van der Waals surface area contributed by atoms with E-state index in [-0.39, 0.29) is 48.1 Å². The summed E-state index contributed by atoms with van der Waals surface area (Å²) in [5, 5.41) is 21.0. The number of likely N-dealkylation sites (tertiary alicyclic amines) is 1. The van der Waals surface area contributed by atoms with Crippen molar-refractivity contribution in [1.29, 1.82) is 0 Å². The fraction of sp³-hybridized carbons (Fsp3) is 0.333. The maximum absolute atomic E-state index is 14.4. The minimum absolute atomic E-state index is 0.0731. The van der Waals surface area contributed by atoms with E-state index in [0.29, 0.717) is 29.7 Å². The molecule has 8 nitrogen and oxygen atoms in total. The van der Waals surface area contributed by atoms with E-state index >= 15 is 0 Å². The molecular formula is C36H34N2O6. The third-order valence-electron chi connectivity index (χ3n) is 10.5. The number of hydrogen-bond donors (Lipinski definition) is 2. The number of para-hydroxylation sites is 2. The van der Waals surface area contributed by atoms with Gasteiger partial charge in [0.15, 0.2) is 0 Å². The predicted molar refractivity (Wildman–Crippen MR) is 162 cm³/mol. The summed E-state index contributed by atoms with van der Waals surface area (Å²) >= 11 is 0. The number of carbonyl (C=O) groups excluding carboxylic acids is 4. The minimum Gasteiger partial charge on any atom is -0.508 e. The van der Waals surface area contributed by atoms with Crippen molar-refractivity contribution in [1.82, 2.24) is 4.90 Å². The number of nitrogens with zero attached hydrogens (tertiary/aromatic N) is 2. The second-order valence-electron chi connectivity index (χ2n) is 12.8. The molecule has 0 spiro atoms. The first kappa shape index (κ1) is 28.1. The highest BCUT2D eigenvalue weighted by Gasteiger charge is 2.67. The highest BCUT2D eigenvalue weighted by molar-refractivity contribution is 6.24. The zero-order valence-corrected chi connectivity index (χ0v) is 24.6. The van der Waals surface area contributed by atoms with Crippen LogP contribution in [-0.2, 0) is 25.6 Å². The van der Waals surface area contributed by atoms with Gasteiger partial charge in [-0.2, -0.15) is 0 Å². The van der Waals surface area contributed by atoms with Gasteiger partial charge in [-0.05, 0) is 74.4 Å². The van der Waals surface area contributed by atoms with E-state index in [1.54, 1.807) is 67.6 Å². The van der Waals surface area contributed by atoms with Crippen molar-refractivity contribution in [3.8, 4) is 11.5 Å². The lowest BCUT2D eigenvalue weighted by atomic mass is 9.51. The van der Waals surface area contributed by atoms with Crippen LogP contribution in [0.2, 0.25) is 0 Å². The Morgan fingerprint density at radius 3 is 2.30 bits per heavy atom. The number of hydrogen-bond acceptors (Lipinski definition) is 6. The Hall–Kier alpha value is -4.72. The van der Waals surface area contributed by atoms with Crippen LogP contribution < -0.4 is 4.90 Å². The Balaban J connectivity index is 1.30. The van der Waals surface area contributed by atoms with Gasteiger partial charge in [0.2, 0.25) is 23.6 Å². The van der Waals surface area contributed by atoms with Gasteiger partial charge in [-0.3, -0.25) is 24.1 Å². The van der Waals surface area contributed by atoms with Crippen LogP contribution in [0.1, 0.15) is 42.4 Å². The SMILES string of the molecule is Cc1cccc(C2C3=CCC4C(=O)N(CCc5ccc(O)cc5)C(=O)C4C3CC3C(=O)N(c4ccccc4)C(=O)C32C)c1O. The quantitative estimate of drug-likeness (QED) is 0.323. The standard InChI is InChI=1S/C36H34N2O6/c1-20-7-6-10-26(31(20)40)30-24-15-16-25-29(34(43)37(32(25)41)18-17-21-11-13-23(39)14-12-21)27(24)19-28-33(42)38(35(44)36(28,30)2)22-8-4-3-5-9-22/h3-15,25,27-30,39-40H,16-19H2,1-2H3. The summed E-state index contributed by atoms with van der Waals surface area (Å²) in [6, 6.07) is 21.0. The van der Waals surface area contributed by atoms with Gasteiger partial charge in [-0.25, -0.2) is 4.90 Å². The van der Waals surface area contributed by atoms with Gasteiger partial charge in [0.25, 0.3) is 0 Å². The molecule has 2 aliphatic heterocycles. The zero-order chi connectivity index (χ0) is 30.9. The summed E-state index contributed by atoms with van der Waals surface area (Å²) in [5.74, 6) is -3.88. The molecule has 4 amide bonds. The molecule has 6 unspecified atom stereocenters. The van der Waals surface area contributed by atoms with E-state index in [1.807, 2.05) is 25.1 Å². The molecule has 0 aromatic heterocycles. The largest absolute Gasteiger partial charge is 0.508 e. The van der Waals surface area contributed by atoms with E-state index < -0.39 is 35.0 Å². The lowest BCUT2D eigenvalue weighted by Crippen LogP contribution is -2.49. The van der Waals surface area contributed by atoms with Crippen LogP contribution in [0.25, 0.3) is 0 Å². The van der Waals surface area contributed by atoms with Gasteiger partial charge >= 0.3 is 0 Å². The van der Waals surface area contributed by atoms with E-state index in [9.17, 15) is 29.4 Å². The summed E-state index contributed by atoms with van der Waals surface area (Å²) in [6.07, 6.45) is 3.08. The first-order valence-electron chi connectivity index (χ1n) is 15.2. The lowest BCUT2D eigenvalue weighted by Gasteiger charge is -2.49. The second kappa shape index (κ2) is 10.2. The highest BCUT2D eigenvalue weighted by atomic mass is 16.3. The Morgan fingerprint density at radius 2 is 1.57 bits per heavy atom. The van der Waals surface area contributed by atoms with Gasteiger partial charge in [0.05, 0.1) is 28.9 Å². The number of anilines is 1. The van der Waals surface area contributed by atoms with Gasteiger partial charge in [0.1, 0.15) is 11.5 Å². The van der Waals surface area contributed by atoms with Crippen molar-refractivity contribution < 1.29 is 29.4 Å². The van der Waals surface area contributed by atoms with Crippen molar-refractivity contribution in [2.45, 2.75) is 39.0 Å². The van der Waals surface area contributed by atoms with Crippen LogP contribution in [0.4, 0.5) is 5.69 Å². The maximum Gasteiger partial charge on any atom is 0.241 e. The number of rotatable bonds is 5. The average Bonchev–Trinajstić information content (AvgIpc) is 3.38. The molecule has 7 rings (SSSR count). The number of allylic oxidation sites excluding steroid dienone is 2. The molecule has 3 fully saturated rings. The van der Waals surface area contributed by atoms with Crippen molar-refractivity contribution >= 4 is 29.3 Å². The van der Waals surface area contributed by atoms with Gasteiger partial charge in [0, 0.05) is 18.0 Å². The summed E-state index contributed by atoms with van der Waals surface area (Å²) < 4.78 is 0. The number of aromatic hydroxyl groups is 2. The number of phenols is 2. The molecule has 2 saturated heterocycles. The Morgan fingerprint density at radius 1 is 0.841 bits per heavy atom. The molecule has 3 aromatic carbocycles. The number of aryl methyl sites for hydroxylation is 1. The Kier molecular flexibility index (Phi) is 6.50. The molecular weight excluding hydrogens is 556 g/mol. The molecule has 44 heavy (non-hydrogen) atoms. The molecule has 224 valence electrons. The topological polar surface area (TPSA) is 115 Å². The van der Waals surface area contributed by atoms with Gasteiger partial charge in [-0.1, -0.05) is 60.2 Å². The number of carbonyl (C=O) groups is 4. The van der Waals surface area contributed by atoms with Crippen LogP contribution in [0.3, 0.4) is 0 Å². The minimum atomic E-state index is -1.20. The zero-order valence-electron chi connectivity index (χ0n) is 24.6. The highest BCUT2D eigenvalue weighted by Crippen LogP contribution is 2.64. The number of phenolic OH excluding ortho intramolecular Hbond substituents is 2. The normalized spacial score (nSPS) is 29.4. The second-order valence-corrected chi connectivity index (χ2v) is 12.8. The summed E-state index contributed by atoms with van der Waals surface area (Å²) in [4.78, 5) is 59.0. The van der Waals surface area contributed by atoms with Crippen molar-refractivity contribution in [3.05, 3.63) is 101 Å². The van der Waals surface area contributed by atoms with Gasteiger partial charge < -0.3 is 10.2 Å². The summed E-state index contributed by atoms with van der Waals surface area (Å²) in [7, 11) is 0. The molecule has 4 aliphatic rings. The number of imide groups is 2. The molecule has 8 heteroatoms. The molecule has 1 saturated carbocycles. The van der Waals surface area contributed by atoms with E-state index in [1.165, 1.54) is 9.80 Å². The molecule has 2 heterocycles.